The monoisotopic (exact) mass is 391 g/mol. The Morgan fingerprint density at radius 3 is 2.34 bits per heavy atom. The zero-order valence-corrected chi connectivity index (χ0v) is 17.0. The van der Waals surface area contributed by atoms with Crippen molar-refractivity contribution in [1.82, 2.24) is 9.97 Å². The SMILES string of the molecule is CC(=O)Nc1ccc(Nc2cc(C)nc(Nc3ccccc3OC(C)C)n2)cc1. The fourth-order valence-electron chi connectivity index (χ4n) is 2.72. The van der Waals surface area contributed by atoms with Gasteiger partial charge in [0.1, 0.15) is 11.6 Å². The smallest absolute Gasteiger partial charge is 0.229 e. The molecular formula is C22H25N5O2. The number of carbonyl (C=O) groups is 1. The van der Waals surface area contributed by atoms with Crippen molar-refractivity contribution in [1.29, 1.82) is 0 Å². The quantitative estimate of drug-likeness (QED) is 0.524. The Balaban J connectivity index is 1.78. The van der Waals surface area contributed by atoms with E-state index in [9.17, 15) is 4.79 Å². The maximum Gasteiger partial charge on any atom is 0.229 e. The molecule has 0 aliphatic rings. The van der Waals surface area contributed by atoms with Crippen LogP contribution in [0.15, 0.2) is 54.6 Å². The number of nitrogens with one attached hydrogen (secondary N) is 3. The van der Waals surface area contributed by atoms with Gasteiger partial charge in [0.15, 0.2) is 0 Å². The van der Waals surface area contributed by atoms with Gasteiger partial charge in [-0.15, -0.1) is 0 Å². The number of aryl methyl sites for hydroxylation is 1. The predicted molar refractivity (Wildman–Crippen MR) is 116 cm³/mol. The predicted octanol–water partition coefficient (Wildman–Crippen LogP) is 5.02. The van der Waals surface area contributed by atoms with Crippen LogP contribution in [-0.2, 0) is 4.79 Å². The van der Waals surface area contributed by atoms with E-state index in [0.29, 0.717) is 11.8 Å². The van der Waals surface area contributed by atoms with Gasteiger partial charge in [-0.25, -0.2) is 4.98 Å². The van der Waals surface area contributed by atoms with Gasteiger partial charge in [0.05, 0.1) is 11.8 Å². The highest BCUT2D eigenvalue weighted by Crippen LogP contribution is 2.28. The molecule has 0 spiro atoms. The van der Waals surface area contributed by atoms with Gasteiger partial charge < -0.3 is 20.7 Å². The number of nitrogens with zero attached hydrogens (tertiary/aromatic N) is 2. The molecule has 0 fully saturated rings. The fourth-order valence-corrected chi connectivity index (χ4v) is 2.72. The third kappa shape index (κ3) is 5.93. The first kappa shape index (κ1) is 20.1. The second-order valence-electron chi connectivity index (χ2n) is 6.89. The normalized spacial score (nSPS) is 10.5. The van der Waals surface area contributed by atoms with E-state index in [2.05, 4.69) is 25.9 Å². The lowest BCUT2D eigenvalue weighted by atomic mass is 10.2. The van der Waals surface area contributed by atoms with Crippen molar-refractivity contribution in [3.63, 3.8) is 0 Å². The largest absolute Gasteiger partial charge is 0.489 e. The van der Waals surface area contributed by atoms with Crippen LogP contribution in [-0.4, -0.2) is 22.0 Å². The van der Waals surface area contributed by atoms with Crippen molar-refractivity contribution in [2.24, 2.45) is 0 Å². The zero-order valence-electron chi connectivity index (χ0n) is 17.0. The van der Waals surface area contributed by atoms with Crippen LogP contribution >= 0.6 is 0 Å². The molecule has 3 rings (SSSR count). The summed E-state index contributed by atoms with van der Waals surface area (Å²) >= 11 is 0. The summed E-state index contributed by atoms with van der Waals surface area (Å²) in [6, 6.07) is 17.0. The molecule has 0 saturated heterocycles. The summed E-state index contributed by atoms with van der Waals surface area (Å²) in [7, 11) is 0. The van der Waals surface area contributed by atoms with Crippen LogP contribution in [0.25, 0.3) is 0 Å². The zero-order chi connectivity index (χ0) is 20.8. The lowest BCUT2D eigenvalue weighted by Gasteiger charge is -2.15. The first-order valence-corrected chi connectivity index (χ1v) is 9.42. The van der Waals surface area contributed by atoms with Gasteiger partial charge in [0.25, 0.3) is 0 Å². The van der Waals surface area contributed by atoms with Crippen LogP contribution < -0.4 is 20.7 Å². The van der Waals surface area contributed by atoms with E-state index in [-0.39, 0.29) is 12.0 Å². The molecule has 29 heavy (non-hydrogen) atoms. The number of hydrogen-bond donors (Lipinski definition) is 3. The number of benzene rings is 2. The molecule has 0 atom stereocenters. The summed E-state index contributed by atoms with van der Waals surface area (Å²) in [4.78, 5) is 20.2. The maximum atomic E-state index is 11.1. The molecule has 1 aromatic heterocycles. The van der Waals surface area contributed by atoms with Crippen molar-refractivity contribution in [2.75, 3.05) is 16.0 Å². The molecule has 150 valence electrons. The van der Waals surface area contributed by atoms with Crippen molar-refractivity contribution in [2.45, 2.75) is 33.8 Å². The lowest BCUT2D eigenvalue weighted by Crippen LogP contribution is -2.08. The van der Waals surface area contributed by atoms with Gasteiger partial charge in [0, 0.05) is 30.1 Å². The van der Waals surface area contributed by atoms with Crippen LogP contribution in [0.3, 0.4) is 0 Å². The van der Waals surface area contributed by atoms with Gasteiger partial charge in [-0.05, 0) is 57.2 Å². The minimum absolute atomic E-state index is 0.0640. The Morgan fingerprint density at radius 1 is 0.966 bits per heavy atom. The van der Waals surface area contributed by atoms with Crippen molar-refractivity contribution < 1.29 is 9.53 Å². The molecule has 0 saturated carbocycles. The molecule has 0 aliphatic carbocycles. The molecule has 7 heteroatoms. The number of para-hydroxylation sites is 2. The van der Waals surface area contributed by atoms with Crippen LogP contribution in [0.5, 0.6) is 5.75 Å². The van der Waals surface area contributed by atoms with Gasteiger partial charge >= 0.3 is 0 Å². The van der Waals surface area contributed by atoms with E-state index in [4.69, 9.17) is 4.74 Å². The molecule has 3 aromatic rings. The number of amides is 1. The average molecular weight is 391 g/mol. The van der Waals surface area contributed by atoms with Gasteiger partial charge in [-0.3, -0.25) is 4.79 Å². The second-order valence-corrected chi connectivity index (χ2v) is 6.89. The summed E-state index contributed by atoms with van der Waals surface area (Å²) in [6.45, 7) is 7.36. The van der Waals surface area contributed by atoms with Crippen molar-refractivity contribution in [3.8, 4) is 5.75 Å². The number of hydrogen-bond acceptors (Lipinski definition) is 6. The Labute approximate surface area is 170 Å². The summed E-state index contributed by atoms with van der Waals surface area (Å²) in [5.41, 5.74) is 3.22. The highest BCUT2D eigenvalue weighted by Gasteiger charge is 2.09. The first-order valence-electron chi connectivity index (χ1n) is 9.42. The Kier molecular flexibility index (Phi) is 6.29. The van der Waals surface area contributed by atoms with Crippen LogP contribution in [0.1, 0.15) is 26.5 Å². The third-order valence-electron chi connectivity index (χ3n) is 3.83. The number of aromatic nitrogens is 2. The summed E-state index contributed by atoms with van der Waals surface area (Å²) in [6.07, 6.45) is 0.0640. The molecule has 0 aliphatic heterocycles. The molecule has 3 N–H and O–H groups in total. The number of anilines is 5. The van der Waals surface area contributed by atoms with Gasteiger partial charge in [0.2, 0.25) is 11.9 Å². The highest BCUT2D eigenvalue weighted by molar-refractivity contribution is 5.88. The molecule has 0 unspecified atom stereocenters. The average Bonchev–Trinajstić information content (AvgIpc) is 2.64. The Bertz CT molecular complexity index is 987. The molecule has 7 nitrogen and oxygen atoms in total. The van der Waals surface area contributed by atoms with E-state index in [1.54, 1.807) is 0 Å². The van der Waals surface area contributed by atoms with E-state index < -0.39 is 0 Å². The maximum absolute atomic E-state index is 11.1. The summed E-state index contributed by atoms with van der Waals surface area (Å²) in [5.74, 6) is 1.78. The van der Waals surface area contributed by atoms with Crippen molar-refractivity contribution >= 4 is 34.7 Å². The minimum Gasteiger partial charge on any atom is -0.489 e. The summed E-state index contributed by atoms with van der Waals surface area (Å²) in [5, 5.41) is 9.25. The Morgan fingerprint density at radius 2 is 1.66 bits per heavy atom. The minimum atomic E-state index is -0.102. The van der Waals surface area contributed by atoms with E-state index in [1.807, 2.05) is 75.4 Å². The lowest BCUT2D eigenvalue weighted by molar-refractivity contribution is -0.114. The number of rotatable bonds is 7. The highest BCUT2D eigenvalue weighted by atomic mass is 16.5. The standard InChI is InChI=1S/C22H25N5O2/c1-14(2)29-20-8-6-5-7-19(20)26-22-23-15(3)13-21(27-22)25-18-11-9-17(10-12-18)24-16(4)28/h5-14H,1-4H3,(H,24,28)(H2,23,25,26,27). The first-order chi connectivity index (χ1) is 13.9. The van der Waals surface area contributed by atoms with Crippen LogP contribution in [0.4, 0.5) is 28.8 Å². The summed E-state index contributed by atoms with van der Waals surface area (Å²) < 4.78 is 5.85. The third-order valence-corrected chi connectivity index (χ3v) is 3.83. The van der Waals surface area contributed by atoms with E-state index in [1.165, 1.54) is 6.92 Å². The van der Waals surface area contributed by atoms with Gasteiger partial charge in [-0.2, -0.15) is 4.98 Å². The van der Waals surface area contributed by atoms with E-state index in [0.717, 1.165) is 28.5 Å². The van der Waals surface area contributed by atoms with Crippen LogP contribution in [0.2, 0.25) is 0 Å². The van der Waals surface area contributed by atoms with Crippen molar-refractivity contribution in [3.05, 3.63) is 60.3 Å². The Hall–Kier alpha value is -3.61. The number of ether oxygens (including phenoxy) is 1. The van der Waals surface area contributed by atoms with Gasteiger partial charge in [-0.1, -0.05) is 12.1 Å². The molecule has 0 radical (unpaired) electrons. The fraction of sp³-hybridized carbons (Fsp3) is 0.227. The van der Waals surface area contributed by atoms with Crippen LogP contribution in [0, 0.1) is 6.92 Å². The molecule has 1 amide bonds. The molecule has 1 heterocycles. The number of carbonyl (C=O) groups excluding carboxylic acids is 1. The molecular weight excluding hydrogens is 366 g/mol. The van der Waals surface area contributed by atoms with E-state index >= 15 is 0 Å². The molecule has 0 bridgehead atoms. The second kappa shape index (κ2) is 9.05. The molecule has 2 aromatic carbocycles. The topological polar surface area (TPSA) is 88.2 Å².